The van der Waals surface area contributed by atoms with E-state index in [9.17, 15) is 0 Å². The van der Waals surface area contributed by atoms with E-state index in [0.29, 0.717) is 0 Å². The van der Waals surface area contributed by atoms with Crippen LogP contribution in [-0.2, 0) is 929 Å². The van der Waals surface area contributed by atoms with Crippen LogP contribution in [0, 0.1) is 0 Å². The van der Waals surface area contributed by atoms with Crippen LogP contribution in [-0.4, -0.2) is 22.9 Å². The molecule has 3 nitrogen and oxygen atoms in total. The fourth-order valence-corrected chi connectivity index (χ4v) is 277. The third-order valence-corrected chi connectivity index (χ3v) is 231. The van der Waals surface area contributed by atoms with Gasteiger partial charge in [-0.3, -0.25) is 0 Å². The quantitative estimate of drug-likeness (QED) is 0.269. The summed E-state index contributed by atoms with van der Waals surface area (Å²) in [5, 5.41) is 2.54. The van der Waals surface area contributed by atoms with Crippen molar-refractivity contribution in [1.29, 1.82) is 0 Å². The Labute approximate surface area is 1050 Å². The predicted molar refractivity (Wildman–Crippen MR) is 875 cm³/mol. The molecule has 0 bridgehead atoms. The van der Waals surface area contributed by atoms with Gasteiger partial charge in [-0.2, -0.15) is 0 Å². The molecule has 5 rings (SSSR count). The second-order valence-corrected chi connectivity index (χ2v) is 194. The lowest BCUT2D eigenvalue weighted by atomic mass is 9.79. The monoisotopic (exact) mass is 3660 g/mol. The average molecular weight is 3670 g/mol. The molecule has 107 heteroatoms. The molecule has 0 amide bonds. The van der Waals surface area contributed by atoms with E-state index in [4.69, 9.17) is 31.7 Å². The van der Waals surface area contributed by atoms with E-state index in [-0.39, 0.29) is 18.3 Å². The molecule has 2 heterocycles. The molecule has 1 fully saturated rings. The Bertz CT molecular complexity index is 9720. The molecule has 0 spiro atoms. The zero-order valence-electron chi connectivity index (χ0n) is 58.8. The molecular weight excluding hydrogens is 3650 g/mol. The molecule has 3 aromatic carbocycles. The molecule has 131 heavy (non-hydrogen) atoms. The van der Waals surface area contributed by atoms with Crippen LogP contribution in [0.2, 0.25) is 0 Å². The van der Waals surface area contributed by atoms with E-state index in [1.165, 1.54) is 39.6 Å². The summed E-state index contributed by atoms with van der Waals surface area (Å²) in [5.41, 5.74) is 3.95. The maximum absolute atomic E-state index is 6.19. The lowest BCUT2D eigenvalue weighted by molar-refractivity contribution is 0.00578. The van der Waals surface area contributed by atoms with Crippen molar-refractivity contribution < 1.29 is 9.31 Å². The molecule has 0 aliphatic carbocycles. The molecule has 1 saturated heterocycles. The predicted octanol–water partition coefficient (Wildman–Crippen LogP) is 4.84. The van der Waals surface area contributed by atoms with Gasteiger partial charge in [-0.25, -0.2) is 0 Å². The second kappa shape index (κ2) is 114. The van der Waals surface area contributed by atoms with Crippen molar-refractivity contribution >= 4 is 954 Å². The fraction of sp³-hybridized carbons (Fsp3) is 0.250. The van der Waals surface area contributed by atoms with Gasteiger partial charge in [0.1, 0.15) is 0 Å². The third kappa shape index (κ3) is 90.2. The van der Waals surface area contributed by atoms with Gasteiger partial charge >= 0.3 is 7.12 Å². The Morgan fingerprint density at radius 1 is 0.176 bits per heavy atom. The minimum Gasteiger partial charge on any atom is -0.399 e. The van der Waals surface area contributed by atoms with E-state index in [1.54, 1.807) is 107 Å². The fourth-order valence-electron chi connectivity index (χ4n) is 5.08. The number of benzene rings is 3. The van der Waals surface area contributed by atoms with Crippen molar-refractivity contribution in [2.75, 3.05) is 0 Å². The molecule has 0 N–H and O–H groups in total. The van der Waals surface area contributed by atoms with Crippen LogP contribution in [0.25, 0.3) is 27.5 Å². The summed E-state index contributed by atoms with van der Waals surface area (Å²) in [4.78, 5) is 0. The van der Waals surface area contributed by atoms with Gasteiger partial charge in [-0.15, -0.1) is 0 Å². The van der Waals surface area contributed by atoms with Crippen LogP contribution in [0.4, 0.5) is 0 Å². The highest BCUT2D eigenvalue weighted by molar-refractivity contribution is 8.88. The summed E-state index contributed by atoms with van der Waals surface area (Å²) in [6, 6.07) is 25.6. The van der Waals surface area contributed by atoms with Crippen LogP contribution in [0.3, 0.4) is 0 Å². The van der Waals surface area contributed by atoms with Crippen molar-refractivity contribution in [2.45, 2.75) is 38.9 Å². The van der Waals surface area contributed by atoms with Gasteiger partial charge in [0, 0.05) is 936 Å². The lowest BCUT2D eigenvalue weighted by Gasteiger charge is -2.32. The number of para-hydroxylation sites is 2. The largest absolute Gasteiger partial charge is 0.494 e. The molecule has 0 saturated carbocycles. The SMILES string of the molecule is CC1(C)OB(c2ccc(-n3c4ccccc4c4ccccc43)cc2)OC1(C)C.S=S=S=S=S=S=S=S=S=S=S=S=S=S=S=S=S=S=S=S=S=S=S=S=S=S=S=S=S=S=S=S=S=S=S=S=S=S=S=S=S=S=S=S=S=S=S=S=S=S=S=S=S=S=S=S=S=S=S=S=S=S=S=S=S=S=S=S=S=S=S=S=S=S=S=S=S=S=S=S=S=S=S=S=S=S=S=S=S=S=S=S=S=S=S=S=S=S=S=S=S=S=S. The van der Waals surface area contributed by atoms with Crippen LogP contribution < -0.4 is 5.46 Å². The van der Waals surface area contributed by atoms with E-state index < -0.39 is 0 Å². The minimum atomic E-state index is -0.336. The first-order valence-electron chi connectivity index (χ1n) is 26.8. The van der Waals surface area contributed by atoms with E-state index in [1.807, 2.05) is 773 Å². The number of rotatable bonds is 2. The van der Waals surface area contributed by atoms with Gasteiger partial charge in [0.25, 0.3) is 0 Å². The molecule has 758 valence electrons. The molecule has 1 aliphatic rings. The van der Waals surface area contributed by atoms with Gasteiger partial charge in [-0.1, -0.05) is 48.5 Å². The van der Waals surface area contributed by atoms with E-state index >= 15 is 0 Å². The molecule has 0 atom stereocenters. The number of hydrogen-bond donors (Lipinski definition) is 0. The zero-order chi connectivity index (χ0) is 92.9. The third-order valence-electron chi connectivity index (χ3n) is 9.03. The van der Waals surface area contributed by atoms with Crippen molar-refractivity contribution in [1.82, 2.24) is 4.57 Å². The van der Waals surface area contributed by atoms with Gasteiger partial charge in [0.2, 0.25) is 0 Å². The summed E-state index contributed by atoms with van der Waals surface area (Å²) in [6.45, 7) is 8.33. The second-order valence-electron chi connectivity index (χ2n) is 15.4. The molecular formula is C24H24BNO2S103. The summed E-state index contributed by atoms with van der Waals surface area (Å²) < 4.78 is 14.7. The van der Waals surface area contributed by atoms with Gasteiger partial charge in [0.15, 0.2) is 0 Å². The summed E-state index contributed by atoms with van der Waals surface area (Å²) in [5.74, 6) is 0. The Hall–Kier alpha value is 20.1. The first-order chi connectivity index (χ1) is 64.8. The zero-order valence-corrected chi connectivity index (χ0v) is 143. The topological polar surface area (TPSA) is 23.4 Å². The molecule has 4 aromatic rings. The maximum atomic E-state index is 6.19. The summed E-state index contributed by atoms with van der Waals surface area (Å²) in [6.07, 6.45) is 0. The van der Waals surface area contributed by atoms with Crippen molar-refractivity contribution in [3.8, 4) is 5.69 Å². The first kappa shape index (κ1) is 143. The number of fused-ring (bicyclic) bond motifs is 3. The van der Waals surface area contributed by atoms with Crippen molar-refractivity contribution in [3.05, 3.63) is 72.8 Å². The summed E-state index contributed by atoms with van der Waals surface area (Å²) >= 11 is 9.66. The number of hydrogen-bond acceptors (Lipinski definition) is 4. The maximum Gasteiger partial charge on any atom is 0.494 e. The lowest BCUT2D eigenvalue weighted by Crippen LogP contribution is -2.41. The highest BCUT2D eigenvalue weighted by atomic mass is 33.6. The van der Waals surface area contributed by atoms with E-state index in [2.05, 4.69) is 105 Å². The van der Waals surface area contributed by atoms with Crippen LogP contribution >= 0.6 is 0 Å². The Balaban J connectivity index is 0.00000106. The Morgan fingerprint density at radius 3 is 0.427 bits per heavy atom. The van der Waals surface area contributed by atoms with Gasteiger partial charge in [-0.05, 0) is 57.4 Å². The normalized spacial score (nSPS) is 10.1. The van der Waals surface area contributed by atoms with Gasteiger partial charge in [0.05, 0.1) is 22.2 Å². The van der Waals surface area contributed by atoms with Crippen LogP contribution in [0.5, 0.6) is 0 Å². The number of nitrogens with zero attached hydrogens (tertiary/aromatic N) is 1. The van der Waals surface area contributed by atoms with Crippen LogP contribution in [0.15, 0.2) is 72.8 Å². The highest BCUT2D eigenvalue weighted by Gasteiger charge is 2.51. The first-order valence-corrected chi connectivity index (χ1v) is 163. The molecule has 1 aromatic heterocycles. The molecule has 0 radical (unpaired) electrons. The smallest absolute Gasteiger partial charge is 0.399 e. The van der Waals surface area contributed by atoms with Crippen molar-refractivity contribution in [3.63, 3.8) is 0 Å². The average Bonchev–Trinajstić information content (AvgIpc) is 1.60. The highest BCUT2D eigenvalue weighted by Crippen LogP contribution is 2.37. The Kier molecular flexibility index (Phi) is 125. The van der Waals surface area contributed by atoms with Crippen molar-refractivity contribution in [2.24, 2.45) is 0 Å². The summed E-state index contributed by atoms with van der Waals surface area (Å²) in [7, 11) is 183. The van der Waals surface area contributed by atoms with Gasteiger partial charge < -0.3 is 13.9 Å². The standard InChI is InChI=1S/C24H24BNO2.S103/c1-23(2)24(3,4)28-25(27-23)17-13-15-18(16-14-17)26-21-11-7-5-9-19(21)20-10-6-8-12-22(20)26;1-3-5-7-9-11-13-15-17-19-21-23-25-27-29-31-33-35-37-39-41-43-45-47-49-51-53-55-57-59-61-63-65-67-69-71-73-75-77-79-81-83-85-87-89-91-93-95-97-99-101-103-102-100-98-96-94-92-90-88-86-84-82-80-78-76-74-72-70-68-66-64-62-60-58-56-54-52-50-48-46-44-42-40-38-36-34-32-30-28-26-24-22-20-18-16-14-12-10-8-6-4-2/h5-16H,1-4H3;. The van der Waals surface area contributed by atoms with E-state index in [0.717, 1.165) is 11.2 Å². The molecule has 1 aliphatic heterocycles. The van der Waals surface area contributed by atoms with Crippen LogP contribution in [0.1, 0.15) is 27.7 Å². The molecule has 0 unspecified atom stereocenters. The minimum absolute atomic E-state index is 0.330. The Morgan fingerprint density at radius 2 is 0.298 bits per heavy atom. The number of aromatic nitrogens is 1.